The minimum atomic E-state index is -3.11. The Morgan fingerprint density at radius 3 is 2.45 bits per heavy atom. The average molecular weight is 888 g/mol. The van der Waals surface area contributed by atoms with Gasteiger partial charge in [-0.15, -0.1) is 0 Å². The molecule has 6 aliphatic rings. The number of aliphatic hydroxyl groups is 1. The second kappa shape index (κ2) is 15.1. The highest BCUT2D eigenvalue weighted by Crippen LogP contribution is 2.68. The van der Waals surface area contributed by atoms with Gasteiger partial charge in [-0.05, 0) is 55.0 Å². The zero-order chi connectivity index (χ0) is 45.9. The maximum Gasteiger partial charge on any atom is 0.344 e. The molecule has 10 atom stereocenters. The number of para-hydroxylation sites is 1. The molecule has 17 heteroatoms. The number of esters is 3. The molecule has 5 N–H and O–H groups in total. The van der Waals surface area contributed by atoms with Crippen LogP contribution < -0.4 is 15.4 Å². The number of alkyl halides is 2. The molecule has 1 aromatic heterocycles. The Bertz CT molecular complexity index is 2520. The number of aliphatic carboxylic acids is 1. The smallest absolute Gasteiger partial charge is 0.344 e. The van der Waals surface area contributed by atoms with Crippen molar-refractivity contribution in [2.75, 3.05) is 59.5 Å². The number of anilines is 1. The van der Waals surface area contributed by atoms with Gasteiger partial charge in [0.2, 0.25) is 5.60 Å². The Kier molecular flexibility index (Phi) is 10.4. The number of carboxylic acid groups (broad SMARTS) is 1. The Labute approximate surface area is 369 Å². The van der Waals surface area contributed by atoms with Crippen molar-refractivity contribution in [3.8, 4) is 5.75 Å². The second-order valence-electron chi connectivity index (χ2n) is 18.6. The molecule has 342 valence electrons. The van der Waals surface area contributed by atoms with Crippen molar-refractivity contribution in [3.05, 3.63) is 82.6 Å². The van der Waals surface area contributed by atoms with E-state index in [1.54, 1.807) is 24.1 Å². The Hall–Kier alpha value is -5.36. The number of carboxylic acids is 1. The number of nitrogens with one attached hydrogen (secondary N) is 1. The lowest BCUT2D eigenvalue weighted by molar-refractivity contribution is -0.229. The van der Waals surface area contributed by atoms with Gasteiger partial charge in [-0.1, -0.05) is 43.4 Å². The van der Waals surface area contributed by atoms with E-state index in [1.165, 1.54) is 14.2 Å². The fourth-order valence-corrected chi connectivity index (χ4v) is 13.1. The molecule has 1 spiro atoms. The van der Waals surface area contributed by atoms with Crippen LogP contribution in [0.25, 0.3) is 10.9 Å². The second-order valence-corrected chi connectivity index (χ2v) is 18.6. The summed E-state index contributed by atoms with van der Waals surface area (Å²) in [6.45, 7) is 4.50. The first-order chi connectivity index (χ1) is 30.4. The van der Waals surface area contributed by atoms with Gasteiger partial charge in [-0.2, -0.15) is 0 Å². The van der Waals surface area contributed by atoms with Gasteiger partial charge in [0.15, 0.2) is 6.10 Å². The number of halogens is 2. The minimum absolute atomic E-state index is 0.0246. The summed E-state index contributed by atoms with van der Waals surface area (Å²) in [6, 6.07) is 8.08. The van der Waals surface area contributed by atoms with E-state index < -0.39 is 88.2 Å². The van der Waals surface area contributed by atoms with Gasteiger partial charge in [0.1, 0.15) is 17.2 Å². The van der Waals surface area contributed by atoms with E-state index in [1.807, 2.05) is 54.3 Å². The molecule has 3 aromatic rings. The first-order valence-corrected chi connectivity index (χ1v) is 21.7. The number of nitrogens with two attached hydrogens (primary N) is 1. The number of fused-ring (bicyclic) bond motifs is 6. The monoisotopic (exact) mass is 887 g/mol. The number of benzene rings is 2. The van der Waals surface area contributed by atoms with E-state index in [0.29, 0.717) is 48.6 Å². The van der Waals surface area contributed by atoms with Crippen LogP contribution in [0.3, 0.4) is 0 Å². The predicted molar refractivity (Wildman–Crippen MR) is 229 cm³/mol. The van der Waals surface area contributed by atoms with E-state index in [4.69, 9.17) is 24.7 Å². The summed E-state index contributed by atoms with van der Waals surface area (Å²) in [7, 11) is 5.67. The molecule has 2 bridgehead atoms. The molecule has 9 rings (SSSR count). The Morgan fingerprint density at radius 1 is 1.05 bits per heavy atom. The molecule has 64 heavy (non-hydrogen) atoms. The lowest BCUT2D eigenvalue weighted by atomic mass is 9.47. The van der Waals surface area contributed by atoms with Crippen molar-refractivity contribution in [3.63, 3.8) is 0 Å². The zero-order valence-electron chi connectivity index (χ0n) is 36.8. The van der Waals surface area contributed by atoms with Crippen molar-refractivity contribution >= 4 is 40.5 Å². The third-order valence-electron chi connectivity index (χ3n) is 15.5. The van der Waals surface area contributed by atoms with Crippen LogP contribution in [0, 0.1) is 11.3 Å². The van der Waals surface area contributed by atoms with Gasteiger partial charge in [0.05, 0.1) is 33.8 Å². The number of likely N-dealkylation sites (N-methyl/N-ethyl adjacent to an activating group) is 1. The SMILES string of the molecule is CC[C@]12C=CCN3CC[C@@]4(c5cc([C@@]6(C(=O)OC)C[C@@H]7C=C(C(C)(F)F)CN(Cc8c6[nH]c6ccccc86)C7)c(OC)cc5N(C)[C@H]4C(O)(C(=O)OC)[C@@H]1OC(=O)CC(N)C(=O)O)C32. The molecule has 0 radical (unpaired) electrons. The number of rotatable bonds is 10. The summed E-state index contributed by atoms with van der Waals surface area (Å²) < 4.78 is 54.3. The number of hydrogen-bond acceptors (Lipinski definition) is 13. The topological polar surface area (TPSA) is 197 Å². The van der Waals surface area contributed by atoms with Crippen LogP contribution in [0.2, 0.25) is 0 Å². The van der Waals surface area contributed by atoms with E-state index in [2.05, 4.69) is 9.88 Å². The number of carbonyl (C=O) groups excluding carboxylic acids is 3. The number of ether oxygens (including phenoxy) is 4. The maximum absolute atomic E-state index is 15.3. The van der Waals surface area contributed by atoms with Crippen LogP contribution in [0.5, 0.6) is 5.75 Å². The number of carbonyl (C=O) groups is 4. The van der Waals surface area contributed by atoms with Gasteiger partial charge in [0.25, 0.3) is 5.92 Å². The Balaban J connectivity index is 1.33. The highest BCUT2D eigenvalue weighted by molar-refractivity contribution is 5.95. The van der Waals surface area contributed by atoms with Gasteiger partial charge >= 0.3 is 23.9 Å². The van der Waals surface area contributed by atoms with Crippen molar-refractivity contribution in [2.45, 2.75) is 92.7 Å². The fourth-order valence-electron chi connectivity index (χ4n) is 13.1. The van der Waals surface area contributed by atoms with Crippen molar-refractivity contribution in [1.82, 2.24) is 14.8 Å². The molecule has 15 nitrogen and oxygen atoms in total. The molecule has 5 aliphatic heterocycles. The molecule has 0 amide bonds. The van der Waals surface area contributed by atoms with Crippen LogP contribution in [-0.4, -0.2) is 139 Å². The summed E-state index contributed by atoms with van der Waals surface area (Å²) in [4.78, 5) is 64.9. The molecule has 1 saturated carbocycles. The van der Waals surface area contributed by atoms with Crippen molar-refractivity contribution < 1.29 is 57.1 Å². The van der Waals surface area contributed by atoms with Crippen LogP contribution in [-0.2, 0) is 50.8 Å². The van der Waals surface area contributed by atoms with Gasteiger partial charge in [0, 0.05) is 96.5 Å². The van der Waals surface area contributed by atoms with E-state index in [-0.39, 0.29) is 37.3 Å². The van der Waals surface area contributed by atoms with Crippen LogP contribution in [0.4, 0.5) is 14.5 Å². The van der Waals surface area contributed by atoms with Crippen LogP contribution >= 0.6 is 0 Å². The lowest BCUT2D eigenvalue weighted by Gasteiger charge is -2.63. The lowest BCUT2D eigenvalue weighted by Crippen LogP contribution is -2.81. The van der Waals surface area contributed by atoms with Gasteiger partial charge in [-0.25, -0.2) is 13.6 Å². The highest BCUT2D eigenvalue weighted by Gasteiger charge is 2.80. The van der Waals surface area contributed by atoms with Gasteiger partial charge < -0.3 is 44.8 Å². The molecular weight excluding hydrogens is 833 g/mol. The number of methoxy groups -OCH3 is 3. The quantitative estimate of drug-likeness (QED) is 0.130. The van der Waals surface area contributed by atoms with Crippen LogP contribution in [0.1, 0.15) is 61.9 Å². The molecule has 2 aromatic carbocycles. The molecule has 2 fully saturated rings. The third-order valence-corrected chi connectivity index (χ3v) is 15.5. The van der Waals surface area contributed by atoms with Crippen LogP contribution in [0.15, 0.2) is 60.2 Å². The number of aromatic nitrogens is 1. The van der Waals surface area contributed by atoms with E-state index in [9.17, 15) is 24.6 Å². The van der Waals surface area contributed by atoms with E-state index in [0.717, 1.165) is 30.5 Å². The number of aromatic amines is 1. The third kappa shape index (κ3) is 5.88. The number of nitrogens with zero attached hydrogens (tertiary/aromatic N) is 3. The molecule has 6 heterocycles. The summed E-state index contributed by atoms with van der Waals surface area (Å²) >= 11 is 0. The number of H-pyrrole nitrogens is 1. The normalized spacial score (nSPS) is 33.1. The standard InChI is InChI=1S/C47H55F2N5O10/c1-7-44-13-10-15-54-16-14-45(38(44)54)29-18-30(34(61-4)20-33(29)52(3)39(45)47(60,42(59)63-6)40(44)64-35(55)19-31(50)37(56)57)46(41(58)62-5)21-25-17-26(43(2,48)49)23-53(22-25)24-28-27-11-8-9-12-32(27)51-36(28)46/h8-13,17-18,20,25,31,38-40,51,60H,7,14-16,19,21-24,50H2,1-6H3,(H,56,57)/t25-,31?,38?,39+,40+,44+,45+,46-,47?/m0/s1. The summed E-state index contributed by atoms with van der Waals surface area (Å²) in [5, 5.41) is 23.9. The molecule has 1 saturated heterocycles. The first kappa shape index (κ1) is 43.9. The maximum atomic E-state index is 15.3. The molecule has 1 aliphatic carbocycles. The minimum Gasteiger partial charge on any atom is -0.496 e. The summed E-state index contributed by atoms with van der Waals surface area (Å²) in [5.74, 6) is -7.49. The summed E-state index contributed by atoms with van der Waals surface area (Å²) in [6.07, 6.45) is 3.84. The zero-order valence-corrected chi connectivity index (χ0v) is 36.8. The Morgan fingerprint density at radius 2 is 1.78 bits per heavy atom. The first-order valence-electron chi connectivity index (χ1n) is 21.7. The predicted octanol–water partition coefficient (Wildman–Crippen LogP) is 3.78. The molecule has 4 unspecified atom stereocenters. The van der Waals surface area contributed by atoms with Crippen molar-refractivity contribution in [2.24, 2.45) is 17.1 Å². The van der Waals surface area contributed by atoms with E-state index >= 15 is 13.6 Å². The van der Waals surface area contributed by atoms with Crippen molar-refractivity contribution in [1.29, 1.82) is 0 Å². The number of hydrogen-bond donors (Lipinski definition) is 4. The summed E-state index contributed by atoms with van der Waals surface area (Å²) in [5.41, 5.74) is 2.90. The average Bonchev–Trinajstić information content (AvgIpc) is 3.92. The fraction of sp³-hybridized carbons (Fsp3) is 0.532. The highest BCUT2D eigenvalue weighted by atomic mass is 19.3. The molecular formula is C47H55F2N5O10. The largest absolute Gasteiger partial charge is 0.496 e. The van der Waals surface area contributed by atoms with Gasteiger partial charge in [-0.3, -0.25) is 24.2 Å².